The third kappa shape index (κ3) is 4.29. The summed E-state index contributed by atoms with van der Waals surface area (Å²) in [6, 6.07) is 1.38. The van der Waals surface area contributed by atoms with Crippen LogP contribution in [0.15, 0.2) is 23.4 Å². The molecule has 1 atom stereocenters. The lowest BCUT2D eigenvalue weighted by atomic mass is 10.3. The summed E-state index contributed by atoms with van der Waals surface area (Å²) >= 11 is 0. The van der Waals surface area contributed by atoms with Gasteiger partial charge < -0.3 is 10.2 Å². The lowest BCUT2D eigenvalue weighted by Gasteiger charge is -2.18. The number of aliphatic hydroxyl groups is 2. The Kier molecular flexibility index (Phi) is 5.44. The molecule has 0 radical (unpaired) electrons. The second-order valence-corrected chi connectivity index (χ2v) is 6.05. The number of hydrogen-bond donors (Lipinski definition) is 2. The zero-order chi connectivity index (χ0) is 14.5. The predicted molar refractivity (Wildman–Crippen MR) is 69.7 cm³/mol. The molecule has 0 bridgehead atoms. The van der Waals surface area contributed by atoms with Crippen LogP contribution < -0.4 is 0 Å². The molecule has 1 aromatic rings. The molecule has 0 aromatic carbocycles. The minimum absolute atomic E-state index is 0.000361. The molecule has 0 spiro atoms. The van der Waals surface area contributed by atoms with Gasteiger partial charge in [0.1, 0.15) is 11.5 Å². The van der Waals surface area contributed by atoms with Gasteiger partial charge in [-0.25, -0.2) is 8.42 Å². The molecule has 0 aliphatic heterocycles. The van der Waals surface area contributed by atoms with E-state index in [1.54, 1.807) is 0 Å². The topological polar surface area (TPSA) is 90.7 Å². The van der Waals surface area contributed by atoms with Gasteiger partial charge in [0.25, 0.3) is 0 Å². The summed E-state index contributed by atoms with van der Waals surface area (Å²) in [5.41, 5.74) is 0.403. The zero-order valence-corrected chi connectivity index (χ0v) is 11.6. The Hall–Kier alpha value is -1.46. The SMILES string of the molecule is CC(O)CN(C)S(=O)(=O)c1cncc(C#CCO)c1. The van der Waals surface area contributed by atoms with Gasteiger partial charge in [-0.05, 0) is 13.0 Å². The summed E-state index contributed by atoms with van der Waals surface area (Å²) in [7, 11) is -2.32. The van der Waals surface area contributed by atoms with Crippen LogP contribution in [0.25, 0.3) is 0 Å². The Labute approximate surface area is 112 Å². The number of aromatic nitrogens is 1. The van der Waals surface area contributed by atoms with E-state index in [1.807, 2.05) is 0 Å². The molecule has 104 valence electrons. The number of sulfonamides is 1. The van der Waals surface area contributed by atoms with Crippen molar-refractivity contribution >= 4 is 10.0 Å². The average Bonchev–Trinajstić information content (AvgIpc) is 2.35. The number of hydrogen-bond acceptors (Lipinski definition) is 5. The average molecular weight is 284 g/mol. The normalized spacial score (nSPS) is 12.9. The van der Waals surface area contributed by atoms with Gasteiger partial charge in [0.05, 0.1) is 6.10 Å². The molecule has 7 heteroatoms. The Bertz CT molecular complexity index is 587. The van der Waals surface area contributed by atoms with Gasteiger partial charge in [-0.15, -0.1) is 0 Å². The largest absolute Gasteiger partial charge is 0.392 e. The van der Waals surface area contributed by atoms with Crippen molar-refractivity contribution in [2.75, 3.05) is 20.2 Å². The van der Waals surface area contributed by atoms with Crippen molar-refractivity contribution in [3.63, 3.8) is 0 Å². The number of nitrogens with zero attached hydrogens (tertiary/aromatic N) is 2. The van der Waals surface area contributed by atoms with Crippen LogP contribution in [0.5, 0.6) is 0 Å². The first-order valence-electron chi connectivity index (χ1n) is 5.57. The fourth-order valence-electron chi connectivity index (χ4n) is 1.42. The third-order valence-electron chi connectivity index (χ3n) is 2.25. The highest BCUT2D eigenvalue weighted by Gasteiger charge is 2.22. The first kappa shape index (κ1) is 15.6. The molecular weight excluding hydrogens is 268 g/mol. The highest BCUT2D eigenvalue weighted by atomic mass is 32.2. The zero-order valence-electron chi connectivity index (χ0n) is 10.7. The fraction of sp³-hybridized carbons (Fsp3) is 0.417. The van der Waals surface area contributed by atoms with Gasteiger partial charge in [0, 0.05) is 31.5 Å². The molecule has 0 aliphatic carbocycles. The van der Waals surface area contributed by atoms with Crippen LogP contribution in [0.2, 0.25) is 0 Å². The Morgan fingerprint density at radius 1 is 1.47 bits per heavy atom. The molecule has 1 aromatic heterocycles. The van der Waals surface area contributed by atoms with E-state index in [0.717, 1.165) is 4.31 Å². The van der Waals surface area contributed by atoms with E-state index in [0.29, 0.717) is 5.56 Å². The highest BCUT2D eigenvalue weighted by molar-refractivity contribution is 7.89. The van der Waals surface area contributed by atoms with Gasteiger partial charge in [-0.2, -0.15) is 4.31 Å². The van der Waals surface area contributed by atoms with E-state index in [2.05, 4.69) is 16.8 Å². The number of pyridine rings is 1. The molecule has 0 amide bonds. The summed E-state index contributed by atoms with van der Waals surface area (Å²) < 4.78 is 25.4. The Morgan fingerprint density at radius 3 is 2.74 bits per heavy atom. The summed E-state index contributed by atoms with van der Waals surface area (Å²) in [4.78, 5) is 3.81. The molecule has 6 nitrogen and oxygen atoms in total. The summed E-state index contributed by atoms with van der Waals surface area (Å²) in [5, 5.41) is 17.8. The van der Waals surface area contributed by atoms with Crippen molar-refractivity contribution in [3.05, 3.63) is 24.0 Å². The quantitative estimate of drug-likeness (QED) is 0.722. The molecule has 1 rings (SSSR count). The molecular formula is C12H16N2O4S. The van der Waals surface area contributed by atoms with E-state index < -0.39 is 16.1 Å². The number of likely N-dealkylation sites (N-methyl/N-ethyl adjacent to an activating group) is 1. The number of aliphatic hydroxyl groups excluding tert-OH is 2. The van der Waals surface area contributed by atoms with E-state index in [1.165, 1.54) is 32.4 Å². The Balaban J connectivity index is 3.08. The highest BCUT2D eigenvalue weighted by Crippen LogP contribution is 2.14. The van der Waals surface area contributed by atoms with Crippen LogP contribution in [0.4, 0.5) is 0 Å². The van der Waals surface area contributed by atoms with Crippen molar-refractivity contribution in [2.45, 2.75) is 17.9 Å². The monoisotopic (exact) mass is 284 g/mol. The van der Waals surface area contributed by atoms with Crippen LogP contribution in [0, 0.1) is 11.8 Å². The summed E-state index contributed by atoms with van der Waals surface area (Å²) in [6.45, 7) is 1.20. The molecule has 0 saturated carbocycles. The molecule has 0 aliphatic rings. The Morgan fingerprint density at radius 2 is 2.16 bits per heavy atom. The van der Waals surface area contributed by atoms with Gasteiger partial charge in [-0.1, -0.05) is 11.8 Å². The first-order valence-corrected chi connectivity index (χ1v) is 7.01. The lowest BCUT2D eigenvalue weighted by molar-refractivity contribution is 0.171. The smallest absolute Gasteiger partial charge is 0.244 e. The van der Waals surface area contributed by atoms with Crippen LogP contribution in [0.3, 0.4) is 0 Å². The second-order valence-electron chi connectivity index (χ2n) is 4.00. The van der Waals surface area contributed by atoms with E-state index >= 15 is 0 Å². The van der Waals surface area contributed by atoms with Crippen molar-refractivity contribution in [1.82, 2.24) is 9.29 Å². The van der Waals surface area contributed by atoms with Crippen LogP contribution in [-0.2, 0) is 10.0 Å². The van der Waals surface area contributed by atoms with Gasteiger partial charge in [0.2, 0.25) is 10.0 Å². The second kappa shape index (κ2) is 6.63. The molecule has 0 fully saturated rings. The van der Waals surface area contributed by atoms with Gasteiger partial charge in [0.15, 0.2) is 0 Å². The maximum absolute atomic E-state index is 12.2. The van der Waals surface area contributed by atoms with E-state index in [4.69, 9.17) is 5.11 Å². The van der Waals surface area contributed by atoms with Crippen LogP contribution in [-0.4, -0.2) is 54.2 Å². The minimum Gasteiger partial charge on any atom is -0.392 e. The third-order valence-corrected chi connectivity index (χ3v) is 4.04. The van der Waals surface area contributed by atoms with Crippen molar-refractivity contribution in [1.29, 1.82) is 0 Å². The lowest BCUT2D eigenvalue weighted by Crippen LogP contribution is -2.33. The van der Waals surface area contributed by atoms with Gasteiger partial charge >= 0.3 is 0 Å². The first-order chi connectivity index (χ1) is 8.87. The number of rotatable bonds is 4. The summed E-state index contributed by atoms with van der Waals surface area (Å²) in [5.74, 6) is 5.01. The molecule has 0 saturated heterocycles. The van der Waals surface area contributed by atoms with Crippen LogP contribution in [0.1, 0.15) is 12.5 Å². The van der Waals surface area contributed by atoms with Crippen molar-refractivity contribution < 1.29 is 18.6 Å². The predicted octanol–water partition coefficient (Wildman–Crippen LogP) is -0.573. The molecule has 1 heterocycles. The van der Waals surface area contributed by atoms with E-state index in [9.17, 15) is 13.5 Å². The fourth-order valence-corrected chi connectivity index (χ4v) is 2.66. The standard InChI is InChI=1S/C12H16N2O4S/c1-10(16)9-14(2)19(17,18)12-6-11(4-3-5-15)7-13-8-12/h6-8,10,15-16H,5,9H2,1-2H3. The maximum Gasteiger partial charge on any atom is 0.244 e. The maximum atomic E-state index is 12.2. The van der Waals surface area contributed by atoms with Gasteiger partial charge in [-0.3, -0.25) is 4.98 Å². The molecule has 19 heavy (non-hydrogen) atoms. The van der Waals surface area contributed by atoms with Crippen LogP contribution >= 0.6 is 0 Å². The molecule has 1 unspecified atom stereocenters. The molecule has 2 N–H and O–H groups in total. The summed E-state index contributed by atoms with van der Waals surface area (Å²) in [6.07, 6.45) is 1.87. The minimum atomic E-state index is -3.70. The van der Waals surface area contributed by atoms with Crippen molar-refractivity contribution in [3.8, 4) is 11.8 Å². The van der Waals surface area contributed by atoms with Crippen molar-refractivity contribution in [2.24, 2.45) is 0 Å². The van der Waals surface area contributed by atoms with E-state index in [-0.39, 0.29) is 18.0 Å².